The number of aromatic nitrogens is 4. The summed E-state index contributed by atoms with van der Waals surface area (Å²) in [6.45, 7) is 5.43. The summed E-state index contributed by atoms with van der Waals surface area (Å²) in [6.07, 6.45) is 9.96. The van der Waals surface area contributed by atoms with Crippen LogP contribution in [0.15, 0.2) is 103 Å². The molecule has 0 aromatic carbocycles. The summed E-state index contributed by atoms with van der Waals surface area (Å²) >= 11 is 17.3. The van der Waals surface area contributed by atoms with E-state index in [1.54, 1.807) is 53.1 Å². The van der Waals surface area contributed by atoms with Crippen LogP contribution >= 0.6 is 91.0 Å². The Kier molecular flexibility index (Phi) is 17.0. The Bertz CT molecular complexity index is 1170. The predicted octanol–water partition coefficient (Wildman–Crippen LogP) is 9.56. The van der Waals surface area contributed by atoms with Gasteiger partial charge in [0, 0.05) is 40.8 Å². The first-order chi connectivity index (χ1) is 17.9. The van der Waals surface area contributed by atoms with Gasteiger partial charge in [-0.3, -0.25) is 4.68 Å². The number of hydrogen-bond acceptors (Lipinski definition) is 9. The van der Waals surface area contributed by atoms with Crippen molar-refractivity contribution in [3.63, 3.8) is 0 Å². The molecular formula is C23H23Br5N4O5S. The molecule has 9 nitrogen and oxygen atoms in total. The molecule has 0 radical (unpaired) electrons. The summed E-state index contributed by atoms with van der Waals surface area (Å²) < 4.78 is 24.5. The Balaban J connectivity index is 0.000000249. The summed E-state index contributed by atoms with van der Waals surface area (Å²) in [5.41, 5.74) is -0.490. The van der Waals surface area contributed by atoms with Gasteiger partial charge in [-0.25, -0.2) is 14.8 Å². The number of rotatable bonds is 1. The molecule has 38 heavy (non-hydrogen) atoms. The molecular weight excluding hydrogens is 844 g/mol. The quantitative estimate of drug-likeness (QED) is 0.153. The first-order valence-corrected chi connectivity index (χ1v) is 15.1. The van der Waals surface area contributed by atoms with Gasteiger partial charge in [0.05, 0.1) is 16.9 Å². The van der Waals surface area contributed by atoms with Crippen LogP contribution in [0.3, 0.4) is 0 Å². The van der Waals surface area contributed by atoms with E-state index in [2.05, 4.69) is 104 Å². The minimum atomic E-state index is -0.490. The first kappa shape index (κ1) is 34.5. The van der Waals surface area contributed by atoms with Gasteiger partial charge < -0.3 is 18.0 Å². The Morgan fingerprint density at radius 2 is 1.74 bits per heavy atom. The average Bonchev–Trinajstić information content (AvgIpc) is 3.64. The van der Waals surface area contributed by atoms with Crippen molar-refractivity contribution in [1.29, 1.82) is 0 Å². The van der Waals surface area contributed by atoms with E-state index in [4.69, 9.17) is 9.15 Å². The Hall–Kier alpha value is -1.52. The predicted molar refractivity (Wildman–Crippen MR) is 163 cm³/mol. The topological polar surface area (TPSA) is 109 Å². The Morgan fingerprint density at radius 3 is 1.97 bits per heavy atom. The number of ether oxygens (including phenoxy) is 1. The van der Waals surface area contributed by atoms with Crippen LogP contribution in [0.25, 0.3) is 0 Å². The number of furan rings is 2. The second kappa shape index (κ2) is 18.7. The van der Waals surface area contributed by atoms with E-state index in [0.29, 0.717) is 9.47 Å². The van der Waals surface area contributed by atoms with Gasteiger partial charge in [0.25, 0.3) is 4.80 Å². The fraction of sp³-hybridized carbons (Fsp3) is 0.217. The van der Waals surface area contributed by atoms with Gasteiger partial charge in [-0.2, -0.15) is 5.10 Å². The lowest BCUT2D eigenvalue weighted by molar-refractivity contribution is 0.00347. The molecule has 0 fully saturated rings. The van der Waals surface area contributed by atoms with Crippen molar-refractivity contribution in [3.05, 3.63) is 95.2 Å². The summed E-state index contributed by atoms with van der Waals surface area (Å²) in [6, 6.07) is 6.94. The first-order valence-electron chi connectivity index (χ1n) is 10.3. The monoisotopic (exact) mass is 862 g/mol. The van der Waals surface area contributed by atoms with Gasteiger partial charge in [-0.15, -0.1) is 11.3 Å². The van der Waals surface area contributed by atoms with Crippen LogP contribution in [-0.2, 0) is 11.8 Å². The molecule has 0 saturated heterocycles. The minimum Gasteiger partial charge on any atom is -0.471 e. The van der Waals surface area contributed by atoms with Crippen LogP contribution in [0.4, 0.5) is 0 Å². The maximum atomic E-state index is 11.3. The molecule has 206 valence electrons. The smallest absolute Gasteiger partial charge is 0.374 e. The molecule has 5 rings (SSSR count). The molecule has 0 bridgehead atoms. The number of esters is 1. The molecule has 0 atom stereocenters. The number of hydrogen-bond donors (Lipinski definition) is 0. The summed E-state index contributed by atoms with van der Waals surface area (Å²) in [5.74, 6) is -0.236. The zero-order valence-corrected chi connectivity index (χ0v) is 29.2. The second-order valence-electron chi connectivity index (χ2n) is 7.43. The molecule has 0 N–H and O–H groups in total. The maximum Gasteiger partial charge on any atom is 0.374 e. The lowest BCUT2D eigenvalue weighted by Gasteiger charge is -2.18. The number of aryl methyl sites for hydroxylation is 1. The molecule has 0 aliphatic heterocycles. The van der Waals surface area contributed by atoms with Crippen molar-refractivity contribution >= 4 is 97.0 Å². The van der Waals surface area contributed by atoms with Crippen molar-refractivity contribution in [2.45, 2.75) is 26.4 Å². The average molecular weight is 867 g/mol. The number of halogens is 5. The molecule has 0 spiro atoms. The normalized spacial score (nSPS) is 9.82. The molecule has 5 aromatic heterocycles. The fourth-order valence-electron chi connectivity index (χ4n) is 1.80. The van der Waals surface area contributed by atoms with Gasteiger partial charge >= 0.3 is 5.97 Å². The molecule has 5 aromatic rings. The van der Waals surface area contributed by atoms with E-state index >= 15 is 0 Å². The largest absolute Gasteiger partial charge is 0.471 e. The number of oxazole rings is 1. The second-order valence-corrected chi connectivity index (χ2v) is 12.8. The van der Waals surface area contributed by atoms with Gasteiger partial charge in [0.2, 0.25) is 5.76 Å². The fourth-order valence-corrected chi connectivity index (χ4v) is 3.71. The number of carbonyl (C=O) groups excluding carboxylic acids is 1. The van der Waals surface area contributed by atoms with Gasteiger partial charge in [0.15, 0.2) is 8.59 Å². The maximum absolute atomic E-state index is 11.3. The third-order valence-corrected chi connectivity index (χ3v) is 6.16. The van der Waals surface area contributed by atoms with E-state index in [1.807, 2.05) is 51.5 Å². The molecule has 0 unspecified atom stereocenters. The standard InChI is InChI=1S/C9H11BrO3.C4H5BrN2.C4H3BrO.C3H2BrNO.C3H2BrNS/c1-9(2,3)13-8(11)6-4-5-7(10)12-6;1-7-3-2-4(5)6-7;5-4-1-2-6-3-4;2*4-3-5-1-2-6-3/h4-5H,1-3H3;2-3H,1H3;1-3H;2*1-2H. The van der Waals surface area contributed by atoms with Crippen molar-refractivity contribution in [3.8, 4) is 0 Å². The zero-order chi connectivity index (χ0) is 28.6. The van der Waals surface area contributed by atoms with Crippen molar-refractivity contribution in [1.82, 2.24) is 19.7 Å². The SMILES string of the molecule is Brc1ccoc1.Brc1ncco1.Brc1nccs1.CC(C)(C)OC(=O)c1ccc(Br)o1.Cn1ccc(Br)n1. The number of thiazole rings is 1. The Labute approximate surface area is 266 Å². The summed E-state index contributed by atoms with van der Waals surface area (Å²) in [7, 11) is 1.88. The molecule has 0 amide bonds. The van der Waals surface area contributed by atoms with E-state index in [-0.39, 0.29) is 5.76 Å². The summed E-state index contributed by atoms with van der Waals surface area (Å²) in [5, 5.41) is 5.87. The summed E-state index contributed by atoms with van der Waals surface area (Å²) in [4.78, 5) is 19.4. The van der Waals surface area contributed by atoms with E-state index < -0.39 is 11.6 Å². The van der Waals surface area contributed by atoms with Gasteiger partial charge in [-0.1, -0.05) is 0 Å². The lowest BCUT2D eigenvalue weighted by Crippen LogP contribution is -2.23. The van der Waals surface area contributed by atoms with E-state index in [0.717, 1.165) is 13.0 Å². The van der Waals surface area contributed by atoms with Crippen LogP contribution in [0.2, 0.25) is 0 Å². The highest BCUT2D eigenvalue weighted by Gasteiger charge is 2.20. The third kappa shape index (κ3) is 17.9. The Morgan fingerprint density at radius 1 is 1.00 bits per heavy atom. The third-order valence-electron chi connectivity index (χ3n) is 3.15. The highest BCUT2D eigenvalue weighted by molar-refractivity contribution is 9.11. The van der Waals surface area contributed by atoms with Crippen LogP contribution in [0.5, 0.6) is 0 Å². The molecule has 5 heterocycles. The number of nitrogens with zero attached hydrogens (tertiary/aromatic N) is 4. The molecule has 15 heteroatoms. The van der Waals surface area contributed by atoms with E-state index in [9.17, 15) is 4.79 Å². The highest BCUT2D eigenvalue weighted by atomic mass is 79.9. The van der Waals surface area contributed by atoms with Crippen molar-refractivity contribution in [2.75, 3.05) is 0 Å². The van der Waals surface area contributed by atoms with Crippen LogP contribution in [0, 0.1) is 0 Å². The number of carbonyl (C=O) groups is 1. The van der Waals surface area contributed by atoms with Gasteiger partial charge in [0.1, 0.15) is 22.7 Å². The molecule has 0 aliphatic rings. The van der Waals surface area contributed by atoms with Crippen molar-refractivity contribution in [2.24, 2.45) is 7.05 Å². The lowest BCUT2D eigenvalue weighted by atomic mass is 10.2. The highest BCUT2D eigenvalue weighted by Crippen LogP contribution is 2.17. The molecule has 0 saturated carbocycles. The minimum absolute atomic E-state index is 0.210. The zero-order valence-electron chi connectivity index (χ0n) is 20.5. The van der Waals surface area contributed by atoms with Crippen molar-refractivity contribution < 1.29 is 22.8 Å². The molecule has 0 aliphatic carbocycles. The van der Waals surface area contributed by atoms with Gasteiger partial charge in [-0.05, 0) is 109 Å². The van der Waals surface area contributed by atoms with Crippen LogP contribution < -0.4 is 0 Å². The van der Waals surface area contributed by atoms with Crippen LogP contribution in [0.1, 0.15) is 31.3 Å². The van der Waals surface area contributed by atoms with E-state index in [1.165, 1.54) is 6.26 Å². The van der Waals surface area contributed by atoms with Crippen LogP contribution in [-0.4, -0.2) is 31.3 Å².